The lowest BCUT2D eigenvalue weighted by atomic mass is 10.1. The average Bonchev–Trinajstić information content (AvgIpc) is 2.74. The molecule has 0 aliphatic carbocycles. The predicted octanol–water partition coefficient (Wildman–Crippen LogP) is 0.518. The van der Waals surface area contributed by atoms with E-state index in [1.54, 1.807) is 0 Å². The van der Waals surface area contributed by atoms with Crippen molar-refractivity contribution in [3.8, 4) is 5.88 Å². The lowest BCUT2D eigenvalue weighted by Crippen LogP contribution is -2.30. The number of H-pyrrole nitrogens is 1. The summed E-state index contributed by atoms with van der Waals surface area (Å²) in [4.78, 5) is 25.1. The summed E-state index contributed by atoms with van der Waals surface area (Å²) in [6, 6.07) is 10.7. The van der Waals surface area contributed by atoms with Crippen molar-refractivity contribution < 1.29 is 4.74 Å². The zero-order valence-electron chi connectivity index (χ0n) is 8.92. The summed E-state index contributed by atoms with van der Waals surface area (Å²) in [7, 11) is 0. The van der Waals surface area contributed by atoms with E-state index in [0.29, 0.717) is 12.5 Å². The summed E-state index contributed by atoms with van der Waals surface area (Å²) in [6.07, 6.45) is 0. The molecule has 0 fully saturated rings. The van der Waals surface area contributed by atoms with Gasteiger partial charge in [-0.05, 0) is 5.56 Å². The maximum Gasteiger partial charge on any atom is 0.331 e. The second-order valence-corrected chi connectivity index (χ2v) is 3.88. The minimum absolute atomic E-state index is 0.171. The Morgan fingerprint density at radius 2 is 2.00 bits per heavy atom. The van der Waals surface area contributed by atoms with Crippen molar-refractivity contribution in [2.45, 2.75) is 6.04 Å². The van der Waals surface area contributed by atoms with Gasteiger partial charge in [0, 0.05) is 0 Å². The normalized spacial score (nSPS) is 17.5. The Hall–Kier alpha value is -2.30. The average molecular weight is 230 g/mol. The van der Waals surface area contributed by atoms with Crippen LogP contribution in [0.2, 0.25) is 0 Å². The third-order valence-corrected chi connectivity index (χ3v) is 2.83. The molecule has 1 atom stereocenters. The van der Waals surface area contributed by atoms with Crippen molar-refractivity contribution in [2.75, 3.05) is 6.61 Å². The van der Waals surface area contributed by atoms with Crippen LogP contribution in [0.5, 0.6) is 5.88 Å². The van der Waals surface area contributed by atoms with E-state index >= 15 is 0 Å². The van der Waals surface area contributed by atoms with Crippen LogP contribution in [-0.4, -0.2) is 16.2 Å². The zero-order valence-corrected chi connectivity index (χ0v) is 8.92. The van der Waals surface area contributed by atoms with E-state index in [2.05, 4.69) is 4.98 Å². The second kappa shape index (κ2) is 3.62. The highest BCUT2D eigenvalue weighted by atomic mass is 16.5. The van der Waals surface area contributed by atoms with Crippen LogP contribution < -0.4 is 16.0 Å². The Morgan fingerprint density at radius 1 is 1.24 bits per heavy atom. The Morgan fingerprint density at radius 3 is 2.76 bits per heavy atom. The smallest absolute Gasteiger partial charge is 0.331 e. The molecule has 1 unspecified atom stereocenters. The lowest BCUT2D eigenvalue weighted by molar-refractivity contribution is 0.342. The van der Waals surface area contributed by atoms with Gasteiger partial charge in [0.05, 0.1) is 6.07 Å². The summed E-state index contributed by atoms with van der Waals surface area (Å²) in [5.41, 5.74) is 0.120. The van der Waals surface area contributed by atoms with Gasteiger partial charge in [-0.15, -0.1) is 0 Å². The van der Waals surface area contributed by atoms with Gasteiger partial charge in [-0.2, -0.15) is 0 Å². The van der Waals surface area contributed by atoms with Crippen LogP contribution in [0.25, 0.3) is 0 Å². The van der Waals surface area contributed by atoms with Crippen LogP contribution >= 0.6 is 0 Å². The predicted molar refractivity (Wildman–Crippen MR) is 61.4 cm³/mol. The van der Waals surface area contributed by atoms with E-state index in [4.69, 9.17) is 4.74 Å². The van der Waals surface area contributed by atoms with Crippen LogP contribution in [0, 0.1) is 0 Å². The molecule has 0 bridgehead atoms. The molecule has 2 aromatic rings. The minimum Gasteiger partial charge on any atom is -0.476 e. The largest absolute Gasteiger partial charge is 0.476 e. The van der Waals surface area contributed by atoms with Gasteiger partial charge in [0.1, 0.15) is 12.6 Å². The van der Waals surface area contributed by atoms with Crippen molar-refractivity contribution in [1.29, 1.82) is 0 Å². The fourth-order valence-electron chi connectivity index (χ4n) is 2.05. The van der Waals surface area contributed by atoms with Crippen molar-refractivity contribution in [1.82, 2.24) is 9.55 Å². The zero-order chi connectivity index (χ0) is 11.8. The van der Waals surface area contributed by atoms with Crippen molar-refractivity contribution in [2.24, 2.45) is 0 Å². The number of aromatic nitrogens is 2. The third-order valence-electron chi connectivity index (χ3n) is 2.83. The number of hydrogen-bond acceptors (Lipinski definition) is 3. The van der Waals surface area contributed by atoms with Crippen LogP contribution in [0.4, 0.5) is 0 Å². The van der Waals surface area contributed by atoms with Crippen molar-refractivity contribution in [3.05, 3.63) is 62.8 Å². The summed E-state index contributed by atoms with van der Waals surface area (Å²) >= 11 is 0. The van der Waals surface area contributed by atoms with Gasteiger partial charge in [-0.1, -0.05) is 30.3 Å². The van der Waals surface area contributed by atoms with E-state index < -0.39 is 11.2 Å². The summed E-state index contributed by atoms with van der Waals surface area (Å²) in [6.45, 7) is 0.372. The van der Waals surface area contributed by atoms with Gasteiger partial charge in [0.2, 0.25) is 5.88 Å². The van der Waals surface area contributed by atoms with Crippen molar-refractivity contribution in [3.63, 3.8) is 0 Å². The van der Waals surface area contributed by atoms with Gasteiger partial charge in [0.25, 0.3) is 5.56 Å². The van der Waals surface area contributed by atoms with Crippen LogP contribution in [0.3, 0.4) is 0 Å². The Labute approximate surface area is 96.3 Å². The van der Waals surface area contributed by atoms with Gasteiger partial charge in [-0.3, -0.25) is 14.3 Å². The summed E-state index contributed by atoms with van der Waals surface area (Å²) < 4.78 is 6.84. The Bertz CT molecular complexity index is 657. The molecule has 86 valence electrons. The number of hydrogen-bond donors (Lipinski definition) is 1. The molecule has 0 radical (unpaired) electrons. The fourth-order valence-corrected chi connectivity index (χ4v) is 2.05. The molecule has 5 nitrogen and oxygen atoms in total. The number of ether oxygens (including phenoxy) is 1. The summed E-state index contributed by atoms with van der Waals surface area (Å²) in [5.74, 6) is 0.326. The number of nitrogens with zero attached hydrogens (tertiary/aromatic N) is 1. The monoisotopic (exact) mass is 230 g/mol. The van der Waals surface area contributed by atoms with Gasteiger partial charge in [0.15, 0.2) is 0 Å². The van der Waals surface area contributed by atoms with Gasteiger partial charge >= 0.3 is 5.69 Å². The Balaban J connectivity index is 2.17. The molecule has 1 N–H and O–H groups in total. The molecule has 2 heterocycles. The van der Waals surface area contributed by atoms with E-state index in [-0.39, 0.29) is 6.04 Å². The molecule has 5 heteroatoms. The SMILES string of the molecule is O=c1cc2n(c(=O)[nH]1)C(c1ccccc1)CO2. The second-order valence-electron chi connectivity index (χ2n) is 3.88. The number of nitrogens with one attached hydrogen (secondary N) is 1. The first-order valence-corrected chi connectivity index (χ1v) is 5.29. The minimum atomic E-state index is -0.435. The van der Waals surface area contributed by atoms with Crippen molar-refractivity contribution >= 4 is 0 Å². The molecule has 0 saturated carbocycles. The van der Waals surface area contributed by atoms with Gasteiger partial charge in [-0.25, -0.2) is 4.79 Å². The number of fused-ring (bicyclic) bond motifs is 1. The topological polar surface area (TPSA) is 64.1 Å². The van der Waals surface area contributed by atoms with E-state index in [1.807, 2.05) is 30.3 Å². The first kappa shape index (κ1) is 9.89. The van der Waals surface area contributed by atoms with E-state index in [1.165, 1.54) is 10.6 Å². The highest BCUT2D eigenvalue weighted by molar-refractivity contribution is 5.25. The molecule has 1 aliphatic heterocycles. The maximum atomic E-state index is 11.7. The molecule has 17 heavy (non-hydrogen) atoms. The highest BCUT2D eigenvalue weighted by Crippen LogP contribution is 2.27. The summed E-state index contributed by atoms with van der Waals surface area (Å²) in [5, 5.41) is 0. The first-order valence-electron chi connectivity index (χ1n) is 5.29. The molecule has 0 saturated heterocycles. The molecule has 1 aromatic carbocycles. The molecule has 0 amide bonds. The van der Waals surface area contributed by atoms with Gasteiger partial charge < -0.3 is 4.74 Å². The maximum absolute atomic E-state index is 11.7. The quantitative estimate of drug-likeness (QED) is 0.776. The molecule has 1 aromatic heterocycles. The van der Waals surface area contributed by atoms with Crippen LogP contribution in [0.1, 0.15) is 11.6 Å². The number of benzene rings is 1. The third kappa shape index (κ3) is 1.56. The first-order chi connectivity index (χ1) is 8.25. The molecule has 1 aliphatic rings. The standard InChI is InChI=1S/C12H10N2O3/c15-10-6-11-14(12(16)13-10)9(7-17-11)8-4-2-1-3-5-8/h1-6,9H,7H2,(H,13,15,16). The molecular weight excluding hydrogens is 220 g/mol. The van der Waals surface area contributed by atoms with Crippen LogP contribution in [0.15, 0.2) is 46.0 Å². The number of aromatic amines is 1. The van der Waals surface area contributed by atoms with Crippen LogP contribution in [-0.2, 0) is 0 Å². The molecule has 3 rings (SSSR count). The van der Waals surface area contributed by atoms with E-state index in [0.717, 1.165) is 5.56 Å². The highest BCUT2D eigenvalue weighted by Gasteiger charge is 2.26. The lowest BCUT2D eigenvalue weighted by Gasteiger charge is -2.10. The van der Waals surface area contributed by atoms with E-state index in [9.17, 15) is 9.59 Å². The number of rotatable bonds is 1. The molecule has 0 spiro atoms. The molecular formula is C12H10N2O3. The Kier molecular flexibility index (Phi) is 2.11. The fraction of sp³-hybridized carbons (Fsp3) is 0.167.